The fraction of sp³-hybridized carbons (Fsp3) is 0.333. The minimum Gasteiger partial charge on any atom is -0.493 e. The molecule has 3 aromatic rings. The first kappa shape index (κ1) is 17.7. The van der Waals surface area contributed by atoms with Crippen LogP contribution in [0.5, 0.6) is 11.5 Å². The first-order chi connectivity index (χ1) is 12.1. The summed E-state index contributed by atoms with van der Waals surface area (Å²) < 4.78 is 12.7. The highest BCUT2D eigenvalue weighted by atomic mass is 32.1. The molecule has 1 N–H and O–H groups in total. The summed E-state index contributed by atoms with van der Waals surface area (Å²) in [4.78, 5) is 18.0. The van der Waals surface area contributed by atoms with E-state index >= 15 is 0 Å². The number of H-pyrrole nitrogens is 1. The number of benzene rings is 1. The van der Waals surface area contributed by atoms with Gasteiger partial charge in [-0.3, -0.25) is 9.36 Å². The summed E-state index contributed by atoms with van der Waals surface area (Å²) in [5.41, 5.74) is 1.02. The Balaban J connectivity index is 1.91. The molecule has 0 aliphatic carbocycles. The highest BCUT2D eigenvalue weighted by Gasteiger charge is 2.10. The van der Waals surface area contributed by atoms with Gasteiger partial charge in [-0.15, -0.1) is 11.3 Å². The molecule has 2 aromatic heterocycles. The summed E-state index contributed by atoms with van der Waals surface area (Å²) in [5.74, 6) is 1.37. The maximum atomic E-state index is 12.8. The van der Waals surface area contributed by atoms with Crippen molar-refractivity contribution in [1.82, 2.24) is 9.55 Å². The number of fused-ring (bicyclic) bond motifs is 1. The van der Waals surface area contributed by atoms with Crippen LogP contribution in [0.4, 0.5) is 0 Å². The molecule has 5 nitrogen and oxygen atoms in total. The third kappa shape index (κ3) is 3.48. The van der Waals surface area contributed by atoms with E-state index in [1.165, 1.54) is 4.88 Å². The van der Waals surface area contributed by atoms with E-state index in [1.807, 2.05) is 24.3 Å². The van der Waals surface area contributed by atoms with Gasteiger partial charge in [0, 0.05) is 11.4 Å². The molecule has 0 fully saturated rings. The van der Waals surface area contributed by atoms with Gasteiger partial charge >= 0.3 is 0 Å². The molecule has 0 amide bonds. The van der Waals surface area contributed by atoms with Crippen LogP contribution in [0.25, 0.3) is 10.2 Å². The molecule has 0 radical (unpaired) electrons. The lowest BCUT2D eigenvalue weighted by atomic mass is 10.1. The Labute approximate surface area is 154 Å². The van der Waals surface area contributed by atoms with E-state index in [0.717, 1.165) is 16.8 Å². The van der Waals surface area contributed by atoms with Crippen molar-refractivity contribution in [3.05, 3.63) is 49.8 Å². The molecule has 0 saturated heterocycles. The minimum absolute atomic E-state index is 0.0322. The maximum Gasteiger partial charge on any atom is 0.263 e. The summed E-state index contributed by atoms with van der Waals surface area (Å²) in [6, 6.07) is 7.72. The van der Waals surface area contributed by atoms with Gasteiger partial charge in [0.2, 0.25) is 0 Å². The number of methoxy groups -OCH3 is 2. The summed E-state index contributed by atoms with van der Waals surface area (Å²) in [6.45, 7) is 2.59. The average molecular weight is 377 g/mol. The van der Waals surface area contributed by atoms with Crippen LogP contribution in [0, 0.1) is 4.77 Å². The number of aryl methyl sites for hydroxylation is 2. The predicted octanol–water partition coefficient (Wildman–Crippen LogP) is 3.94. The molecule has 7 heteroatoms. The summed E-state index contributed by atoms with van der Waals surface area (Å²) in [5, 5.41) is 0.711. The van der Waals surface area contributed by atoms with Crippen LogP contribution in [0.3, 0.4) is 0 Å². The number of nitrogens with one attached hydrogen (secondary N) is 1. The van der Waals surface area contributed by atoms with Gasteiger partial charge in [-0.05, 0) is 48.8 Å². The second-order valence-corrected chi connectivity index (χ2v) is 7.16. The molecular formula is C18H20N2O3S2. The molecule has 1 aromatic carbocycles. The monoisotopic (exact) mass is 376 g/mol. The summed E-state index contributed by atoms with van der Waals surface area (Å²) >= 11 is 6.98. The van der Waals surface area contributed by atoms with E-state index < -0.39 is 0 Å². The molecule has 0 spiro atoms. The van der Waals surface area contributed by atoms with Crippen LogP contribution in [-0.2, 0) is 19.4 Å². The number of thiophene rings is 1. The number of rotatable bonds is 6. The lowest BCUT2D eigenvalue weighted by Gasteiger charge is -2.10. The van der Waals surface area contributed by atoms with Crippen molar-refractivity contribution in [3.63, 3.8) is 0 Å². The maximum absolute atomic E-state index is 12.8. The average Bonchev–Trinajstić information content (AvgIpc) is 3.04. The van der Waals surface area contributed by atoms with Gasteiger partial charge in [0.1, 0.15) is 4.83 Å². The summed E-state index contributed by atoms with van der Waals surface area (Å²) in [6.07, 6.45) is 1.58. The Morgan fingerprint density at radius 1 is 1.20 bits per heavy atom. The zero-order chi connectivity index (χ0) is 18.0. The largest absolute Gasteiger partial charge is 0.493 e. The SMILES string of the molecule is CCc1cc2c(=O)n(CCc3ccc(OC)c(OC)c3)c(=S)[nH]c2s1. The number of aromatic nitrogens is 2. The molecule has 0 aliphatic heterocycles. The van der Waals surface area contributed by atoms with Crippen molar-refractivity contribution in [1.29, 1.82) is 0 Å². The van der Waals surface area contributed by atoms with Gasteiger partial charge in [-0.25, -0.2) is 0 Å². The van der Waals surface area contributed by atoms with Crippen molar-refractivity contribution < 1.29 is 9.47 Å². The third-order valence-electron chi connectivity index (χ3n) is 4.14. The Bertz CT molecular complexity index is 1020. The zero-order valence-corrected chi connectivity index (χ0v) is 16.1. The number of hydrogen-bond donors (Lipinski definition) is 1. The highest BCUT2D eigenvalue weighted by molar-refractivity contribution is 7.71. The second-order valence-electron chi connectivity index (χ2n) is 5.64. The van der Waals surface area contributed by atoms with Crippen LogP contribution >= 0.6 is 23.6 Å². The lowest BCUT2D eigenvalue weighted by Crippen LogP contribution is -2.22. The normalized spacial score (nSPS) is 11.0. The first-order valence-corrected chi connectivity index (χ1v) is 9.26. The van der Waals surface area contributed by atoms with Crippen LogP contribution < -0.4 is 15.0 Å². The first-order valence-electron chi connectivity index (χ1n) is 8.03. The number of aromatic amines is 1. The smallest absolute Gasteiger partial charge is 0.263 e. The van der Waals surface area contributed by atoms with E-state index in [-0.39, 0.29) is 5.56 Å². The van der Waals surface area contributed by atoms with Crippen LogP contribution in [0.2, 0.25) is 0 Å². The number of hydrogen-bond acceptors (Lipinski definition) is 5. The van der Waals surface area contributed by atoms with Crippen LogP contribution in [0.15, 0.2) is 29.1 Å². The molecule has 0 atom stereocenters. The fourth-order valence-electron chi connectivity index (χ4n) is 2.75. The highest BCUT2D eigenvalue weighted by Crippen LogP contribution is 2.28. The van der Waals surface area contributed by atoms with E-state index in [0.29, 0.717) is 34.6 Å². The van der Waals surface area contributed by atoms with Gasteiger partial charge in [0.25, 0.3) is 5.56 Å². The molecule has 0 aliphatic rings. The Kier molecular flexibility index (Phi) is 5.24. The zero-order valence-electron chi connectivity index (χ0n) is 14.4. The van der Waals surface area contributed by atoms with Crippen molar-refractivity contribution in [2.24, 2.45) is 0 Å². The molecular weight excluding hydrogens is 356 g/mol. The van der Waals surface area contributed by atoms with E-state index in [1.54, 1.807) is 30.1 Å². The molecule has 25 heavy (non-hydrogen) atoms. The molecule has 0 saturated carbocycles. The van der Waals surface area contributed by atoms with Crippen LogP contribution in [0.1, 0.15) is 17.4 Å². The Morgan fingerprint density at radius 3 is 2.64 bits per heavy atom. The van der Waals surface area contributed by atoms with Gasteiger partial charge in [0.05, 0.1) is 19.6 Å². The molecule has 0 unspecified atom stereocenters. The van der Waals surface area contributed by atoms with Crippen molar-refractivity contribution in [3.8, 4) is 11.5 Å². The van der Waals surface area contributed by atoms with E-state index in [9.17, 15) is 4.79 Å². The van der Waals surface area contributed by atoms with Gasteiger partial charge in [0.15, 0.2) is 16.3 Å². The van der Waals surface area contributed by atoms with E-state index in [2.05, 4.69) is 11.9 Å². The lowest BCUT2D eigenvalue weighted by molar-refractivity contribution is 0.354. The van der Waals surface area contributed by atoms with Crippen LogP contribution in [-0.4, -0.2) is 23.8 Å². The quantitative estimate of drug-likeness (QED) is 0.662. The third-order valence-corrected chi connectivity index (χ3v) is 5.66. The molecule has 132 valence electrons. The summed E-state index contributed by atoms with van der Waals surface area (Å²) in [7, 11) is 3.22. The van der Waals surface area contributed by atoms with Crippen molar-refractivity contribution >= 4 is 33.8 Å². The molecule has 0 bridgehead atoms. The predicted molar refractivity (Wildman–Crippen MR) is 104 cm³/mol. The second kappa shape index (κ2) is 7.41. The Hall–Kier alpha value is -2.12. The Morgan fingerprint density at radius 2 is 1.96 bits per heavy atom. The molecule has 3 rings (SSSR count). The van der Waals surface area contributed by atoms with Gasteiger partial charge in [-0.2, -0.15) is 0 Å². The van der Waals surface area contributed by atoms with Crippen molar-refractivity contribution in [2.75, 3.05) is 14.2 Å². The van der Waals surface area contributed by atoms with E-state index in [4.69, 9.17) is 21.7 Å². The van der Waals surface area contributed by atoms with Crippen molar-refractivity contribution in [2.45, 2.75) is 26.3 Å². The number of nitrogens with zero attached hydrogens (tertiary/aromatic N) is 1. The molecule has 2 heterocycles. The van der Waals surface area contributed by atoms with Gasteiger partial charge in [-0.1, -0.05) is 13.0 Å². The topological polar surface area (TPSA) is 56.2 Å². The number of ether oxygens (including phenoxy) is 2. The van der Waals surface area contributed by atoms with Gasteiger partial charge < -0.3 is 14.5 Å². The minimum atomic E-state index is -0.0322. The fourth-order valence-corrected chi connectivity index (χ4v) is 4.08. The standard InChI is InChI=1S/C18H20N2O3S2/c1-4-12-10-13-16(25-12)19-18(24)20(17(13)21)8-7-11-5-6-14(22-2)15(9-11)23-3/h5-6,9-10H,4,7-8H2,1-3H3,(H,19,24).